The van der Waals surface area contributed by atoms with Gasteiger partial charge >= 0.3 is 5.97 Å². The second kappa shape index (κ2) is 6.42. The molecule has 0 bridgehead atoms. The summed E-state index contributed by atoms with van der Waals surface area (Å²) < 4.78 is 5.03. The smallest absolute Gasteiger partial charge is 0.327 e. The Kier molecular flexibility index (Phi) is 4.57. The monoisotopic (exact) mass is 323 g/mol. The molecule has 0 spiro atoms. The molecule has 3 nitrogen and oxygen atoms in total. The lowest BCUT2D eigenvalue weighted by Crippen LogP contribution is -2.39. The number of methoxy groups -OCH3 is 1. The second-order valence-corrected chi connectivity index (χ2v) is 6.89. The van der Waals surface area contributed by atoms with E-state index in [9.17, 15) is 4.79 Å². The standard InChI is InChI=1S/C16H18ClNO2S/c1-20-16(19)15(12-4-2-3-5-13(12)17)18-8-6-14-11(10-18)7-9-21-14/h2-5,15H,6-10H2,1H3. The maximum Gasteiger partial charge on any atom is 0.327 e. The number of halogens is 1. The molecule has 1 aromatic rings. The van der Waals surface area contributed by atoms with E-state index in [0.717, 1.165) is 31.5 Å². The minimum Gasteiger partial charge on any atom is -0.468 e. The average molecular weight is 324 g/mol. The highest BCUT2D eigenvalue weighted by Gasteiger charge is 2.34. The van der Waals surface area contributed by atoms with Gasteiger partial charge in [0.25, 0.3) is 0 Å². The van der Waals surface area contributed by atoms with Gasteiger partial charge in [-0.1, -0.05) is 29.8 Å². The van der Waals surface area contributed by atoms with E-state index in [2.05, 4.69) is 4.90 Å². The van der Waals surface area contributed by atoms with E-state index < -0.39 is 6.04 Å². The number of carbonyl (C=O) groups is 1. The van der Waals surface area contributed by atoms with E-state index in [0.29, 0.717) is 5.02 Å². The van der Waals surface area contributed by atoms with Gasteiger partial charge in [-0.25, -0.2) is 4.79 Å². The molecule has 2 aliphatic heterocycles. The van der Waals surface area contributed by atoms with Crippen molar-refractivity contribution in [1.29, 1.82) is 0 Å². The molecule has 0 aliphatic carbocycles. The van der Waals surface area contributed by atoms with Crippen LogP contribution in [0, 0.1) is 0 Å². The minimum absolute atomic E-state index is 0.238. The normalized spacial score (nSPS) is 20.3. The second-order valence-electron chi connectivity index (χ2n) is 5.29. The molecule has 21 heavy (non-hydrogen) atoms. The van der Waals surface area contributed by atoms with E-state index in [1.165, 1.54) is 23.3 Å². The first-order chi connectivity index (χ1) is 10.2. The van der Waals surface area contributed by atoms with Gasteiger partial charge < -0.3 is 4.74 Å². The van der Waals surface area contributed by atoms with Crippen molar-refractivity contribution in [3.05, 3.63) is 45.3 Å². The summed E-state index contributed by atoms with van der Waals surface area (Å²) in [6.45, 7) is 1.71. The molecule has 112 valence electrons. The molecule has 0 N–H and O–H groups in total. The third-order valence-corrected chi connectivity index (χ3v) is 5.68. The lowest BCUT2D eigenvalue weighted by Gasteiger charge is -2.34. The van der Waals surface area contributed by atoms with Crippen LogP contribution in [0.4, 0.5) is 0 Å². The SMILES string of the molecule is COC(=O)C(c1ccccc1Cl)N1CCC2=C(CCS2)C1. The molecule has 0 fully saturated rings. The van der Waals surface area contributed by atoms with Crippen molar-refractivity contribution in [3.63, 3.8) is 0 Å². The molecule has 1 atom stereocenters. The molecular formula is C16H18ClNO2S. The van der Waals surface area contributed by atoms with Gasteiger partial charge in [-0.2, -0.15) is 0 Å². The zero-order valence-electron chi connectivity index (χ0n) is 12.0. The summed E-state index contributed by atoms with van der Waals surface area (Å²) in [6.07, 6.45) is 2.16. The molecule has 3 rings (SSSR count). The first-order valence-corrected chi connectivity index (χ1v) is 8.47. The van der Waals surface area contributed by atoms with Crippen molar-refractivity contribution in [2.75, 3.05) is 26.0 Å². The molecule has 0 aromatic heterocycles. The first-order valence-electron chi connectivity index (χ1n) is 7.10. The van der Waals surface area contributed by atoms with Gasteiger partial charge in [-0.05, 0) is 34.9 Å². The lowest BCUT2D eigenvalue weighted by molar-refractivity contribution is -0.147. The number of thioether (sulfide) groups is 1. The maximum atomic E-state index is 12.3. The van der Waals surface area contributed by atoms with E-state index in [1.807, 2.05) is 36.0 Å². The summed E-state index contributed by atoms with van der Waals surface area (Å²) in [5, 5.41) is 0.619. The van der Waals surface area contributed by atoms with Crippen LogP contribution in [-0.2, 0) is 9.53 Å². The van der Waals surface area contributed by atoms with Crippen LogP contribution in [0.25, 0.3) is 0 Å². The van der Waals surface area contributed by atoms with Crippen molar-refractivity contribution in [3.8, 4) is 0 Å². The fourth-order valence-corrected chi connectivity index (χ4v) is 4.47. The van der Waals surface area contributed by atoms with Crippen LogP contribution in [-0.4, -0.2) is 36.8 Å². The van der Waals surface area contributed by atoms with Crippen LogP contribution in [0.2, 0.25) is 5.02 Å². The highest BCUT2D eigenvalue weighted by atomic mass is 35.5. The van der Waals surface area contributed by atoms with Crippen molar-refractivity contribution >= 4 is 29.3 Å². The highest BCUT2D eigenvalue weighted by molar-refractivity contribution is 8.03. The lowest BCUT2D eigenvalue weighted by atomic mass is 10.0. The van der Waals surface area contributed by atoms with Crippen LogP contribution in [0.1, 0.15) is 24.4 Å². The molecule has 5 heteroatoms. The number of esters is 1. The van der Waals surface area contributed by atoms with Crippen LogP contribution in [0.15, 0.2) is 34.7 Å². The molecule has 0 radical (unpaired) electrons. The zero-order valence-corrected chi connectivity index (χ0v) is 13.5. The van der Waals surface area contributed by atoms with Gasteiger partial charge in [0, 0.05) is 23.9 Å². The van der Waals surface area contributed by atoms with Crippen molar-refractivity contribution < 1.29 is 9.53 Å². The van der Waals surface area contributed by atoms with Crippen LogP contribution < -0.4 is 0 Å². The van der Waals surface area contributed by atoms with Crippen molar-refractivity contribution in [2.45, 2.75) is 18.9 Å². The summed E-state index contributed by atoms with van der Waals surface area (Å²) in [7, 11) is 1.44. The minimum atomic E-state index is -0.414. The van der Waals surface area contributed by atoms with Crippen molar-refractivity contribution in [2.24, 2.45) is 0 Å². The van der Waals surface area contributed by atoms with Gasteiger partial charge in [0.05, 0.1) is 7.11 Å². The Hall–Kier alpha value is -0.970. The van der Waals surface area contributed by atoms with E-state index in [4.69, 9.17) is 16.3 Å². The zero-order chi connectivity index (χ0) is 14.8. The van der Waals surface area contributed by atoms with Gasteiger partial charge in [0.2, 0.25) is 0 Å². The molecular weight excluding hydrogens is 306 g/mol. The van der Waals surface area contributed by atoms with E-state index >= 15 is 0 Å². The molecule has 0 saturated heterocycles. The molecule has 1 unspecified atom stereocenters. The first kappa shape index (κ1) is 14.9. The number of nitrogens with zero attached hydrogens (tertiary/aromatic N) is 1. The van der Waals surface area contributed by atoms with Crippen LogP contribution in [0.5, 0.6) is 0 Å². The Balaban J connectivity index is 1.90. The van der Waals surface area contributed by atoms with Crippen LogP contribution >= 0.6 is 23.4 Å². The number of hydrogen-bond acceptors (Lipinski definition) is 4. The number of carbonyl (C=O) groups excluding carboxylic acids is 1. The highest BCUT2D eigenvalue weighted by Crippen LogP contribution is 2.40. The fourth-order valence-electron chi connectivity index (χ4n) is 3.03. The van der Waals surface area contributed by atoms with Gasteiger partial charge in [0.15, 0.2) is 0 Å². The molecule has 0 amide bonds. The Morgan fingerprint density at radius 1 is 1.38 bits per heavy atom. The summed E-state index contributed by atoms with van der Waals surface area (Å²) in [4.78, 5) is 16.0. The number of ether oxygens (including phenoxy) is 1. The number of hydrogen-bond donors (Lipinski definition) is 0. The summed E-state index contributed by atoms with van der Waals surface area (Å²) in [6, 6.07) is 7.12. The number of rotatable bonds is 3. The fraction of sp³-hybridized carbons (Fsp3) is 0.438. The summed E-state index contributed by atoms with van der Waals surface area (Å²) in [5.74, 6) is 0.936. The van der Waals surface area contributed by atoms with E-state index in [-0.39, 0.29) is 5.97 Å². The van der Waals surface area contributed by atoms with Gasteiger partial charge in [-0.3, -0.25) is 4.90 Å². The Morgan fingerprint density at radius 2 is 2.19 bits per heavy atom. The summed E-state index contributed by atoms with van der Waals surface area (Å²) >= 11 is 8.26. The maximum absolute atomic E-state index is 12.3. The number of benzene rings is 1. The third kappa shape index (κ3) is 2.98. The summed E-state index contributed by atoms with van der Waals surface area (Å²) in [5.41, 5.74) is 2.31. The average Bonchev–Trinajstić information content (AvgIpc) is 2.97. The third-order valence-electron chi connectivity index (χ3n) is 4.08. The van der Waals surface area contributed by atoms with Crippen molar-refractivity contribution in [1.82, 2.24) is 4.90 Å². The Labute approximate surface area is 134 Å². The Bertz CT molecular complexity index is 587. The molecule has 1 aromatic carbocycles. The predicted molar refractivity (Wildman–Crippen MR) is 86.5 cm³/mol. The van der Waals surface area contributed by atoms with Gasteiger partial charge in [0.1, 0.15) is 6.04 Å². The largest absolute Gasteiger partial charge is 0.468 e. The topological polar surface area (TPSA) is 29.5 Å². The Morgan fingerprint density at radius 3 is 2.95 bits per heavy atom. The quantitative estimate of drug-likeness (QED) is 0.794. The molecule has 2 aliphatic rings. The molecule has 0 saturated carbocycles. The van der Waals surface area contributed by atoms with Crippen LogP contribution in [0.3, 0.4) is 0 Å². The molecule has 2 heterocycles. The van der Waals surface area contributed by atoms with E-state index in [1.54, 1.807) is 0 Å². The van der Waals surface area contributed by atoms with Gasteiger partial charge in [-0.15, -0.1) is 11.8 Å². The predicted octanol–water partition coefficient (Wildman–Crippen LogP) is 3.65.